The Bertz CT molecular complexity index is 1650. The number of ether oxygens (including phenoxy) is 2. The third-order valence-electron chi connectivity index (χ3n) is 7.83. The van der Waals surface area contributed by atoms with Crippen LogP contribution < -0.4 is 20.9 Å². The lowest BCUT2D eigenvalue weighted by Gasteiger charge is -2.31. The Kier molecular flexibility index (Phi) is 13.1. The zero-order valence-electron chi connectivity index (χ0n) is 28.3. The smallest absolute Gasteiger partial charge is 0.242 e. The summed E-state index contributed by atoms with van der Waals surface area (Å²) in [5.41, 5.74) is 13.1. The molecule has 0 fully saturated rings. The van der Waals surface area contributed by atoms with Crippen molar-refractivity contribution in [2.75, 3.05) is 46.1 Å². The molecule has 4 rings (SSSR count). The fourth-order valence-corrected chi connectivity index (χ4v) is 5.38. The van der Waals surface area contributed by atoms with Gasteiger partial charge in [-0.2, -0.15) is 0 Å². The van der Waals surface area contributed by atoms with Gasteiger partial charge in [-0.25, -0.2) is 0 Å². The third-order valence-corrected chi connectivity index (χ3v) is 7.83. The Morgan fingerprint density at radius 3 is 1.72 bits per heavy atom. The normalized spacial score (nSPS) is 11.6. The van der Waals surface area contributed by atoms with Crippen LogP contribution in [0.2, 0.25) is 0 Å². The zero-order chi connectivity index (χ0) is 36.2. The summed E-state index contributed by atoms with van der Waals surface area (Å²) in [6.45, 7) is 2.34. The topological polar surface area (TPSA) is 189 Å². The number of nitrogens with two attached hydrogens (primary N) is 2. The standard InChI is InChI=1S/C36H44N6O8/c1-25(2)16-39(33(45)15-37)21-35(47)42(19-28-10-13-30-31(14-28)50-24-49-30)23-36(48)41(18-27-8-11-29(43)12-9-27)22-34(46)40(20-32(38)44)17-26-6-4-3-5-7-26/h3-14,25,43H,15-24,37H2,1-2H3,(H2,38,44). The van der Waals surface area contributed by atoms with Crippen molar-refractivity contribution in [1.29, 1.82) is 0 Å². The lowest BCUT2D eigenvalue weighted by atomic mass is 10.1. The van der Waals surface area contributed by atoms with Gasteiger partial charge in [0, 0.05) is 26.2 Å². The first-order valence-corrected chi connectivity index (χ1v) is 16.2. The predicted molar refractivity (Wildman–Crippen MR) is 183 cm³/mol. The van der Waals surface area contributed by atoms with Gasteiger partial charge in [0.05, 0.1) is 19.6 Å². The van der Waals surface area contributed by atoms with Crippen molar-refractivity contribution >= 4 is 29.5 Å². The van der Waals surface area contributed by atoms with Crippen LogP contribution in [0, 0.1) is 5.92 Å². The highest BCUT2D eigenvalue weighted by Crippen LogP contribution is 2.33. The first kappa shape index (κ1) is 37.2. The van der Waals surface area contributed by atoms with E-state index >= 15 is 0 Å². The number of fused-ring (bicyclic) bond motifs is 1. The van der Waals surface area contributed by atoms with E-state index in [1.807, 2.05) is 19.9 Å². The van der Waals surface area contributed by atoms with E-state index in [-0.39, 0.29) is 64.3 Å². The molecule has 266 valence electrons. The molecule has 0 unspecified atom stereocenters. The Balaban J connectivity index is 1.63. The van der Waals surface area contributed by atoms with Crippen LogP contribution >= 0.6 is 0 Å². The number of rotatable bonds is 17. The van der Waals surface area contributed by atoms with Crippen LogP contribution in [0.3, 0.4) is 0 Å². The summed E-state index contributed by atoms with van der Waals surface area (Å²) < 4.78 is 10.9. The maximum atomic E-state index is 14.2. The minimum atomic E-state index is -0.718. The molecule has 0 saturated carbocycles. The minimum Gasteiger partial charge on any atom is -0.508 e. The lowest BCUT2D eigenvalue weighted by molar-refractivity contribution is -0.147. The Labute approximate surface area is 291 Å². The van der Waals surface area contributed by atoms with Gasteiger partial charge in [0.25, 0.3) is 0 Å². The maximum absolute atomic E-state index is 14.2. The number of phenolic OH excluding ortho intramolecular Hbond substituents is 1. The Morgan fingerprint density at radius 2 is 1.16 bits per heavy atom. The largest absolute Gasteiger partial charge is 0.508 e. The second-order valence-electron chi connectivity index (χ2n) is 12.4. The molecule has 14 nitrogen and oxygen atoms in total. The van der Waals surface area contributed by atoms with E-state index in [1.165, 1.54) is 31.7 Å². The van der Waals surface area contributed by atoms with Crippen LogP contribution in [-0.2, 0) is 43.6 Å². The van der Waals surface area contributed by atoms with Gasteiger partial charge in [0.2, 0.25) is 36.3 Å². The minimum absolute atomic E-state index is 0.0175. The highest BCUT2D eigenvalue weighted by molar-refractivity contribution is 5.91. The number of aromatic hydroxyl groups is 1. The summed E-state index contributed by atoms with van der Waals surface area (Å²) in [5, 5.41) is 9.82. The highest BCUT2D eigenvalue weighted by Gasteiger charge is 2.28. The van der Waals surface area contributed by atoms with Crippen molar-refractivity contribution in [3.63, 3.8) is 0 Å². The molecule has 0 atom stereocenters. The van der Waals surface area contributed by atoms with E-state index in [2.05, 4.69) is 0 Å². The molecule has 0 bridgehead atoms. The maximum Gasteiger partial charge on any atom is 0.242 e. The molecule has 3 aromatic rings. The summed E-state index contributed by atoms with van der Waals surface area (Å²) in [6, 6.07) is 20.4. The number of amides is 5. The van der Waals surface area contributed by atoms with E-state index in [0.717, 1.165) is 5.56 Å². The van der Waals surface area contributed by atoms with Gasteiger partial charge in [-0.05, 0) is 46.9 Å². The molecular weight excluding hydrogens is 644 g/mol. The van der Waals surface area contributed by atoms with Crippen molar-refractivity contribution in [1.82, 2.24) is 19.6 Å². The first-order chi connectivity index (χ1) is 23.9. The Hall–Kier alpha value is -5.63. The van der Waals surface area contributed by atoms with Crippen LogP contribution in [-0.4, -0.2) is 100 Å². The number of phenols is 1. The molecule has 14 heteroatoms. The van der Waals surface area contributed by atoms with Crippen LogP contribution in [0.15, 0.2) is 72.8 Å². The molecule has 1 aliphatic heterocycles. The van der Waals surface area contributed by atoms with Gasteiger partial charge in [0.1, 0.15) is 18.8 Å². The quantitative estimate of drug-likeness (QED) is 0.189. The third kappa shape index (κ3) is 11.0. The number of carbonyl (C=O) groups excluding carboxylic acids is 5. The molecule has 1 heterocycles. The van der Waals surface area contributed by atoms with Crippen molar-refractivity contribution in [3.8, 4) is 17.2 Å². The molecule has 0 saturated heterocycles. The molecule has 1 aliphatic rings. The molecule has 0 aromatic heterocycles. The summed E-state index contributed by atoms with van der Waals surface area (Å²) in [6.07, 6.45) is 0. The SMILES string of the molecule is CC(C)CN(CC(=O)N(CC(=O)N(CC(=O)N(CC(N)=O)Cc1ccccc1)Cc1ccc(O)cc1)Cc1ccc2c(c1)OCO2)C(=O)CN. The van der Waals surface area contributed by atoms with E-state index < -0.39 is 42.6 Å². The fraction of sp³-hybridized carbons (Fsp3) is 0.361. The predicted octanol–water partition coefficient (Wildman–Crippen LogP) is 1.44. The average molecular weight is 689 g/mol. The van der Waals surface area contributed by atoms with Crippen LogP contribution in [0.4, 0.5) is 0 Å². The number of primary amides is 1. The van der Waals surface area contributed by atoms with Crippen LogP contribution in [0.25, 0.3) is 0 Å². The van der Waals surface area contributed by atoms with Gasteiger partial charge >= 0.3 is 0 Å². The van der Waals surface area contributed by atoms with Crippen molar-refractivity contribution in [2.24, 2.45) is 17.4 Å². The van der Waals surface area contributed by atoms with Crippen molar-refractivity contribution in [2.45, 2.75) is 33.5 Å². The van der Waals surface area contributed by atoms with Crippen LogP contribution in [0.5, 0.6) is 17.2 Å². The number of benzene rings is 3. The molecule has 50 heavy (non-hydrogen) atoms. The summed E-state index contributed by atoms with van der Waals surface area (Å²) >= 11 is 0. The van der Waals surface area contributed by atoms with Gasteiger partial charge in [-0.1, -0.05) is 62.4 Å². The number of carbonyl (C=O) groups is 5. The van der Waals surface area contributed by atoms with E-state index in [4.69, 9.17) is 20.9 Å². The molecule has 5 N–H and O–H groups in total. The fourth-order valence-electron chi connectivity index (χ4n) is 5.38. The molecule has 0 spiro atoms. The van der Waals surface area contributed by atoms with Gasteiger partial charge in [-0.3, -0.25) is 24.0 Å². The van der Waals surface area contributed by atoms with Gasteiger partial charge in [0.15, 0.2) is 11.5 Å². The molecule has 5 amide bonds. The Morgan fingerprint density at radius 1 is 0.660 bits per heavy atom. The lowest BCUT2D eigenvalue weighted by Crippen LogP contribution is -2.50. The van der Waals surface area contributed by atoms with Gasteiger partial charge < -0.3 is 45.6 Å². The average Bonchev–Trinajstić information content (AvgIpc) is 3.55. The van der Waals surface area contributed by atoms with Crippen molar-refractivity contribution in [3.05, 3.63) is 89.5 Å². The zero-order valence-corrected chi connectivity index (χ0v) is 28.3. The molecular formula is C36H44N6O8. The second kappa shape index (κ2) is 17.7. The number of nitrogens with zero attached hydrogens (tertiary/aromatic N) is 4. The monoisotopic (exact) mass is 688 g/mol. The van der Waals surface area contributed by atoms with E-state index in [1.54, 1.807) is 54.6 Å². The van der Waals surface area contributed by atoms with E-state index in [9.17, 15) is 29.1 Å². The number of hydrogen-bond acceptors (Lipinski definition) is 9. The van der Waals surface area contributed by atoms with Crippen LogP contribution in [0.1, 0.15) is 30.5 Å². The van der Waals surface area contributed by atoms with E-state index in [0.29, 0.717) is 22.6 Å². The van der Waals surface area contributed by atoms with Crippen molar-refractivity contribution < 1.29 is 38.6 Å². The summed E-state index contributed by atoms with van der Waals surface area (Å²) in [7, 11) is 0. The summed E-state index contributed by atoms with van der Waals surface area (Å²) in [5.74, 6) is -1.62. The number of hydrogen-bond donors (Lipinski definition) is 3. The molecule has 0 aliphatic carbocycles. The molecule has 3 aromatic carbocycles. The van der Waals surface area contributed by atoms with Gasteiger partial charge in [-0.15, -0.1) is 0 Å². The molecule has 0 radical (unpaired) electrons. The highest BCUT2D eigenvalue weighted by atomic mass is 16.7. The second-order valence-corrected chi connectivity index (χ2v) is 12.4. The first-order valence-electron chi connectivity index (χ1n) is 16.2. The summed E-state index contributed by atoms with van der Waals surface area (Å²) in [4.78, 5) is 71.7.